The molecule has 2 aromatic heterocycles. The number of aromatic amines is 2. The molecule has 11 heteroatoms. The summed E-state index contributed by atoms with van der Waals surface area (Å²) in [6, 6.07) is 12.0. The van der Waals surface area contributed by atoms with Crippen molar-refractivity contribution in [3.63, 3.8) is 0 Å². The molecule has 0 unspecified atom stereocenters. The molecule has 2 amide bonds. The van der Waals surface area contributed by atoms with Crippen molar-refractivity contribution in [3.05, 3.63) is 81.1 Å². The maximum atomic E-state index is 13.7. The summed E-state index contributed by atoms with van der Waals surface area (Å²) in [5, 5.41) is 15.9. The molecule has 0 saturated heterocycles. The minimum absolute atomic E-state index is 0.0400. The van der Waals surface area contributed by atoms with E-state index in [1.165, 1.54) is 0 Å². The number of carbonyl (C=O) groups excluding carboxylic acids is 2. The van der Waals surface area contributed by atoms with Crippen LogP contribution in [0.1, 0.15) is 44.2 Å². The zero-order chi connectivity index (χ0) is 29.1. The van der Waals surface area contributed by atoms with Crippen molar-refractivity contribution in [1.82, 2.24) is 25.2 Å². The van der Waals surface area contributed by atoms with Gasteiger partial charge in [-0.2, -0.15) is 0 Å². The van der Waals surface area contributed by atoms with Crippen LogP contribution in [0, 0.1) is 11.8 Å². The van der Waals surface area contributed by atoms with E-state index in [-0.39, 0.29) is 23.6 Å². The number of H-pyrrole nitrogens is 2. The normalized spacial score (nSPS) is 18.6. The molecule has 214 valence electrons. The van der Waals surface area contributed by atoms with E-state index >= 15 is 0 Å². The highest BCUT2D eigenvalue weighted by Gasteiger charge is 2.30. The molecule has 41 heavy (non-hydrogen) atoms. The molecule has 1 aliphatic rings. The number of nitrogens with one attached hydrogen (secondary N) is 4. The molecule has 0 radical (unpaired) electrons. The fraction of sp³-hybridized carbons (Fsp3) is 0.367. The Hall–Kier alpha value is -4.67. The largest absolute Gasteiger partial charge is 0.481 e. The number of amides is 2. The summed E-state index contributed by atoms with van der Waals surface area (Å²) >= 11 is 0. The van der Waals surface area contributed by atoms with Gasteiger partial charge >= 0.3 is 11.7 Å². The van der Waals surface area contributed by atoms with Crippen LogP contribution in [-0.4, -0.2) is 50.0 Å². The molecule has 0 bridgehead atoms. The third-order valence-corrected chi connectivity index (χ3v) is 8.05. The number of carbonyl (C=O) groups is 3. The zero-order valence-electron chi connectivity index (χ0n) is 22.7. The van der Waals surface area contributed by atoms with Gasteiger partial charge in [0.25, 0.3) is 5.56 Å². The number of para-hydroxylation sites is 2. The third-order valence-electron chi connectivity index (χ3n) is 8.05. The van der Waals surface area contributed by atoms with Crippen molar-refractivity contribution in [1.29, 1.82) is 0 Å². The van der Waals surface area contributed by atoms with Gasteiger partial charge < -0.3 is 25.7 Å². The van der Waals surface area contributed by atoms with Gasteiger partial charge in [0, 0.05) is 30.1 Å². The third kappa shape index (κ3) is 5.93. The average Bonchev–Trinajstić information content (AvgIpc) is 3.38. The topological polar surface area (TPSA) is 166 Å². The number of carboxylic acid groups (broad SMARTS) is 1. The van der Waals surface area contributed by atoms with E-state index in [9.17, 15) is 29.1 Å². The molecule has 11 nitrogen and oxygen atoms in total. The van der Waals surface area contributed by atoms with Crippen molar-refractivity contribution in [2.75, 3.05) is 6.54 Å². The molecule has 0 aliphatic heterocycles. The molecular formula is C30H33N5O6. The molecule has 5 rings (SSSR count). The van der Waals surface area contributed by atoms with Gasteiger partial charge in [-0.15, -0.1) is 0 Å². The molecule has 1 aliphatic carbocycles. The van der Waals surface area contributed by atoms with Crippen molar-refractivity contribution in [3.8, 4) is 0 Å². The van der Waals surface area contributed by atoms with Crippen LogP contribution in [0.4, 0.5) is 0 Å². The lowest BCUT2D eigenvalue weighted by Crippen LogP contribution is -2.51. The number of rotatable bonds is 9. The van der Waals surface area contributed by atoms with Gasteiger partial charge in [-0.05, 0) is 62.3 Å². The molecule has 1 saturated carbocycles. The number of carboxylic acids is 1. The van der Waals surface area contributed by atoms with Gasteiger partial charge in [-0.25, -0.2) is 9.36 Å². The average molecular weight is 560 g/mol. The summed E-state index contributed by atoms with van der Waals surface area (Å²) in [5.74, 6) is -1.99. The Balaban J connectivity index is 1.36. The summed E-state index contributed by atoms with van der Waals surface area (Å²) in [7, 11) is 0. The first-order valence-electron chi connectivity index (χ1n) is 13.8. The molecule has 4 aromatic rings. The first-order chi connectivity index (χ1) is 19.7. The van der Waals surface area contributed by atoms with Gasteiger partial charge in [0.2, 0.25) is 11.8 Å². The van der Waals surface area contributed by atoms with E-state index in [4.69, 9.17) is 0 Å². The van der Waals surface area contributed by atoms with E-state index in [2.05, 4.69) is 20.6 Å². The molecule has 5 N–H and O–H groups in total. The van der Waals surface area contributed by atoms with Crippen LogP contribution in [0.15, 0.2) is 64.3 Å². The lowest BCUT2D eigenvalue weighted by Gasteiger charge is -2.27. The minimum Gasteiger partial charge on any atom is -0.481 e. The number of fused-ring (bicyclic) bond motifs is 2. The van der Waals surface area contributed by atoms with E-state index in [1.807, 2.05) is 24.3 Å². The van der Waals surface area contributed by atoms with Gasteiger partial charge in [0.05, 0.1) is 16.8 Å². The summed E-state index contributed by atoms with van der Waals surface area (Å²) in [6.07, 6.45) is 4.36. The molecule has 2 atom stereocenters. The zero-order valence-corrected chi connectivity index (χ0v) is 22.7. The molecular weight excluding hydrogens is 526 g/mol. The highest BCUT2D eigenvalue weighted by Crippen LogP contribution is 2.28. The summed E-state index contributed by atoms with van der Waals surface area (Å²) in [5.41, 5.74) is 0.650. The number of hydrogen-bond acceptors (Lipinski definition) is 5. The van der Waals surface area contributed by atoms with Gasteiger partial charge in [0.1, 0.15) is 12.1 Å². The lowest BCUT2D eigenvalue weighted by atomic mass is 9.82. The Morgan fingerprint density at radius 2 is 1.61 bits per heavy atom. The maximum Gasteiger partial charge on any atom is 0.329 e. The van der Waals surface area contributed by atoms with Crippen molar-refractivity contribution >= 4 is 39.6 Å². The standard InChI is InChI=1S/C30H33N5O6/c1-17(26(36)32-15-18-10-12-19(13-11-18)29(39)40)33-27(37)25(14-20-16-31-23-8-4-2-6-21(20)23)35-28(38)22-7-3-5-9-24(22)34-30(35)41/h2-9,16-19,25,31H,10-15H2,1H3,(H,32,36)(H,33,37)(H,34,41)(H,39,40)/t17-,18?,19?,25-/m0/s1. The Morgan fingerprint density at radius 3 is 2.32 bits per heavy atom. The summed E-state index contributed by atoms with van der Waals surface area (Å²) in [4.78, 5) is 70.3. The van der Waals surface area contributed by atoms with E-state index in [1.54, 1.807) is 37.4 Å². The summed E-state index contributed by atoms with van der Waals surface area (Å²) < 4.78 is 0.922. The Bertz CT molecular complexity index is 1710. The van der Waals surface area contributed by atoms with E-state index in [0.717, 1.165) is 21.0 Å². The highest BCUT2D eigenvalue weighted by molar-refractivity contribution is 5.90. The second-order valence-electron chi connectivity index (χ2n) is 10.8. The van der Waals surface area contributed by atoms with Crippen molar-refractivity contribution in [2.45, 2.75) is 51.1 Å². The number of benzene rings is 2. The van der Waals surface area contributed by atoms with Crippen LogP contribution in [0.3, 0.4) is 0 Å². The molecule has 0 spiro atoms. The molecule has 2 aromatic carbocycles. The minimum atomic E-state index is -1.23. The SMILES string of the molecule is C[C@H](NC(=O)[C@H](Cc1c[nH]c2ccccc12)n1c(=O)[nH]c2ccccc2c1=O)C(=O)NCC1CCC(C(=O)O)CC1. The lowest BCUT2D eigenvalue weighted by molar-refractivity contribution is -0.143. The van der Waals surface area contributed by atoms with Gasteiger partial charge in [-0.1, -0.05) is 30.3 Å². The van der Waals surface area contributed by atoms with Gasteiger partial charge in [0.15, 0.2) is 0 Å². The Labute approximate surface area is 235 Å². The van der Waals surface area contributed by atoms with Crippen molar-refractivity contribution < 1.29 is 19.5 Å². The fourth-order valence-electron chi connectivity index (χ4n) is 5.66. The Morgan fingerprint density at radius 1 is 0.951 bits per heavy atom. The second kappa shape index (κ2) is 11.8. The van der Waals surface area contributed by atoms with Crippen LogP contribution >= 0.6 is 0 Å². The fourth-order valence-corrected chi connectivity index (χ4v) is 5.66. The number of aromatic nitrogens is 3. The molecule has 1 fully saturated rings. The predicted octanol–water partition coefficient (Wildman–Crippen LogP) is 2.47. The smallest absolute Gasteiger partial charge is 0.329 e. The quantitative estimate of drug-likeness (QED) is 0.211. The van der Waals surface area contributed by atoms with Crippen molar-refractivity contribution in [2.24, 2.45) is 11.8 Å². The van der Waals surface area contributed by atoms with Crippen LogP contribution in [0.5, 0.6) is 0 Å². The van der Waals surface area contributed by atoms with E-state index in [0.29, 0.717) is 37.7 Å². The van der Waals surface area contributed by atoms with Crippen LogP contribution in [0.2, 0.25) is 0 Å². The number of aliphatic carboxylic acids is 1. The van der Waals surface area contributed by atoms with Crippen LogP contribution in [-0.2, 0) is 20.8 Å². The summed E-state index contributed by atoms with van der Waals surface area (Å²) in [6.45, 7) is 1.93. The second-order valence-corrected chi connectivity index (χ2v) is 10.8. The highest BCUT2D eigenvalue weighted by atomic mass is 16.4. The van der Waals surface area contributed by atoms with Crippen LogP contribution in [0.25, 0.3) is 21.8 Å². The maximum absolute atomic E-state index is 13.7. The number of nitrogens with zero attached hydrogens (tertiary/aromatic N) is 1. The Kier molecular flexibility index (Phi) is 8.04. The number of hydrogen-bond donors (Lipinski definition) is 5. The first-order valence-corrected chi connectivity index (χ1v) is 13.8. The van der Waals surface area contributed by atoms with E-state index < -0.39 is 41.1 Å². The van der Waals surface area contributed by atoms with Gasteiger partial charge in [-0.3, -0.25) is 19.2 Å². The monoisotopic (exact) mass is 559 g/mol. The molecule has 2 heterocycles. The first kappa shape index (κ1) is 27.9. The van der Waals surface area contributed by atoms with Crippen LogP contribution < -0.4 is 21.9 Å². The predicted molar refractivity (Wildman–Crippen MR) is 154 cm³/mol.